The molecule has 3 heterocycles. The molecule has 5 rings (SSSR count). The Morgan fingerprint density at radius 1 is 0.508 bits per heavy atom. The first-order chi connectivity index (χ1) is 29.2. The van der Waals surface area contributed by atoms with Crippen molar-refractivity contribution in [2.75, 3.05) is 13.2 Å². The molecule has 350 valence electrons. The lowest BCUT2D eigenvalue weighted by Gasteiger charge is -2.38. The fraction of sp³-hybridized carbons (Fsp3) is 0.688. The molecule has 8 unspecified atom stereocenters. The van der Waals surface area contributed by atoms with E-state index in [0.29, 0.717) is 5.56 Å². The summed E-state index contributed by atoms with van der Waals surface area (Å²) < 4.78 is 16.8. The molecule has 0 aliphatic carbocycles. The number of rotatable bonds is 14. The lowest BCUT2D eigenvalue weighted by atomic mass is 9.87. The van der Waals surface area contributed by atoms with Gasteiger partial charge in [0, 0.05) is 11.6 Å². The van der Waals surface area contributed by atoms with Gasteiger partial charge in [-0.3, -0.25) is 4.79 Å². The predicted molar refractivity (Wildman–Crippen MR) is 241 cm³/mol. The van der Waals surface area contributed by atoms with Crippen LogP contribution in [0.25, 0.3) is 22.3 Å². The quantitative estimate of drug-likeness (QED) is 0.0691. The Morgan fingerprint density at radius 2 is 0.885 bits per heavy atom. The molecule has 0 spiro atoms. The van der Waals surface area contributed by atoms with E-state index in [-0.39, 0.29) is 11.5 Å². The topological polar surface area (TPSA) is 231 Å². The number of hydrogen-bond acceptors (Lipinski definition) is 13. The molecule has 61 heavy (non-hydrogen) atoms. The number of aliphatic hydroxyl groups is 6. The van der Waals surface area contributed by atoms with Crippen molar-refractivity contribution in [3.05, 3.63) is 51.7 Å². The molecule has 2 aliphatic heterocycles. The first-order valence-corrected chi connectivity index (χ1v) is 22.8. The highest BCUT2D eigenvalue weighted by molar-refractivity contribution is 5.92. The maximum Gasteiger partial charge on any atom is 0.197 e. The molecular formula is C48H80O13. The minimum Gasteiger partial charge on any atom is -0.508 e. The van der Waals surface area contributed by atoms with Crippen molar-refractivity contribution < 1.29 is 59.8 Å². The Balaban J connectivity index is 0.000000662. The summed E-state index contributed by atoms with van der Waals surface area (Å²) in [5.74, 6) is -1.80. The van der Waals surface area contributed by atoms with Crippen LogP contribution in [0.4, 0.5) is 0 Å². The fourth-order valence-electron chi connectivity index (χ4n) is 6.68. The number of unbranched alkanes of at least 4 members (excludes halogenated alkanes) is 11. The second-order valence-electron chi connectivity index (χ2n) is 15.8. The summed E-state index contributed by atoms with van der Waals surface area (Å²) in [6.45, 7) is 16.8. The first kappa shape index (κ1) is 55.7. The van der Waals surface area contributed by atoms with Crippen molar-refractivity contribution in [1.82, 2.24) is 0 Å². The summed E-state index contributed by atoms with van der Waals surface area (Å²) in [5, 5.41) is 93.1. The summed E-state index contributed by atoms with van der Waals surface area (Å²) >= 11 is 0. The molecular weight excluding hydrogens is 785 g/mol. The van der Waals surface area contributed by atoms with Crippen molar-refractivity contribution in [3.8, 4) is 28.6 Å². The number of phenolic OH excluding ortho intramolecular Hbond substituents is 3. The van der Waals surface area contributed by atoms with Crippen molar-refractivity contribution in [2.24, 2.45) is 0 Å². The summed E-state index contributed by atoms with van der Waals surface area (Å²) in [5.41, 5.74) is -1.86. The van der Waals surface area contributed by atoms with E-state index in [0.717, 1.165) is 6.07 Å². The average molecular weight is 865 g/mol. The maximum atomic E-state index is 13.3. The molecule has 13 heteroatoms. The molecule has 2 fully saturated rings. The van der Waals surface area contributed by atoms with Gasteiger partial charge in [0.25, 0.3) is 0 Å². The highest BCUT2D eigenvalue weighted by Gasteiger charge is 2.46. The molecule has 9 N–H and O–H groups in total. The Morgan fingerprint density at radius 3 is 1.25 bits per heavy atom. The van der Waals surface area contributed by atoms with Crippen LogP contribution in [0.3, 0.4) is 0 Å². The van der Waals surface area contributed by atoms with E-state index in [2.05, 4.69) is 55.4 Å². The fourth-order valence-corrected chi connectivity index (χ4v) is 6.68. The minimum absolute atomic E-state index is 0.0475. The highest BCUT2D eigenvalue weighted by Crippen LogP contribution is 2.50. The van der Waals surface area contributed by atoms with Gasteiger partial charge in [-0.15, -0.1) is 0 Å². The van der Waals surface area contributed by atoms with E-state index in [9.17, 15) is 50.8 Å². The lowest BCUT2D eigenvalue weighted by Crippen LogP contribution is -2.49. The maximum absolute atomic E-state index is 13.3. The van der Waals surface area contributed by atoms with E-state index in [1.54, 1.807) is 0 Å². The van der Waals surface area contributed by atoms with Gasteiger partial charge in [0.1, 0.15) is 77.2 Å². The third-order valence-electron chi connectivity index (χ3n) is 10.5. The summed E-state index contributed by atoms with van der Waals surface area (Å²) in [7, 11) is 0. The van der Waals surface area contributed by atoms with Crippen LogP contribution in [0, 0.1) is 0 Å². The third-order valence-corrected chi connectivity index (χ3v) is 10.5. The van der Waals surface area contributed by atoms with Crippen molar-refractivity contribution in [3.63, 3.8) is 0 Å². The van der Waals surface area contributed by atoms with E-state index in [4.69, 9.17) is 13.9 Å². The molecule has 0 radical (unpaired) electrons. The number of hydrogen-bond donors (Lipinski definition) is 9. The van der Waals surface area contributed by atoms with E-state index < -0.39 is 101 Å². The minimum atomic E-state index is -1.85. The molecule has 2 aromatic carbocycles. The van der Waals surface area contributed by atoms with Crippen LogP contribution in [0.2, 0.25) is 0 Å². The molecule has 8 atom stereocenters. The van der Waals surface area contributed by atoms with Gasteiger partial charge in [-0.2, -0.15) is 0 Å². The summed E-state index contributed by atoms with van der Waals surface area (Å²) in [6.07, 6.45) is 7.38. The van der Waals surface area contributed by atoms with E-state index in [1.165, 1.54) is 121 Å². The number of aliphatic hydroxyl groups excluding tert-OH is 6. The average Bonchev–Trinajstić information content (AvgIpc) is 3.25. The Labute approximate surface area is 364 Å². The van der Waals surface area contributed by atoms with E-state index >= 15 is 0 Å². The molecule has 1 aromatic heterocycles. The smallest absolute Gasteiger partial charge is 0.197 e. The molecule has 2 saturated heterocycles. The van der Waals surface area contributed by atoms with Crippen LogP contribution < -0.4 is 5.43 Å². The van der Waals surface area contributed by atoms with Crippen LogP contribution in [0.5, 0.6) is 17.2 Å². The Bertz CT molecular complexity index is 1630. The lowest BCUT2D eigenvalue weighted by molar-refractivity contribution is -0.191. The monoisotopic (exact) mass is 865 g/mol. The largest absolute Gasteiger partial charge is 0.508 e. The second kappa shape index (κ2) is 30.7. The van der Waals surface area contributed by atoms with Gasteiger partial charge in [0.15, 0.2) is 11.0 Å². The number of benzene rings is 2. The zero-order valence-corrected chi connectivity index (χ0v) is 38.2. The van der Waals surface area contributed by atoms with Crippen LogP contribution >= 0.6 is 0 Å². The normalized spacial score (nSPS) is 23.2. The number of fused-ring (bicyclic) bond motifs is 1. The Hall–Kier alpha value is -3.27. The molecule has 0 amide bonds. The van der Waals surface area contributed by atoms with Crippen molar-refractivity contribution in [1.29, 1.82) is 0 Å². The standard InChI is InChI=1S/C25H26O13.3C6H14.C5H12/c26-9-3-1-8(2-4-9)13-5-10(27)14-19(32)15(24-21(34)17(30)11(28)6-36-24)20(33)16(23(14)38-13)25-22(35)18(31)12(29)7-37-25;3*1-3-5-6-4-2;1-3-5-4-2/h1-5,11-12,17-18,21-22,24-26,28-35H,6-7H2;3*3-6H2,1-2H3;3-5H2,1-2H3. The number of ether oxygens (including phenoxy) is 2. The third kappa shape index (κ3) is 17.1. The zero-order chi connectivity index (χ0) is 46.1. The van der Waals surface area contributed by atoms with Crippen LogP contribution in [-0.4, -0.2) is 95.8 Å². The SMILES string of the molecule is CCCCC.CCCCCC.CCCCCC.CCCCCC.O=c1cc(-c2ccc(O)cc2)oc2c(C3OCC(O)C(O)C3O)c(O)c(C3OCC(O)C(O)C3O)c(O)c12. The summed E-state index contributed by atoms with van der Waals surface area (Å²) in [6, 6.07) is 6.60. The van der Waals surface area contributed by atoms with Crippen LogP contribution in [-0.2, 0) is 9.47 Å². The van der Waals surface area contributed by atoms with Gasteiger partial charge < -0.3 is 59.8 Å². The molecule has 0 saturated carbocycles. The second-order valence-corrected chi connectivity index (χ2v) is 15.8. The van der Waals surface area contributed by atoms with Gasteiger partial charge in [-0.25, -0.2) is 0 Å². The van der Waals surface area contributed by atoms with Gasteiger partial charge in [-0.1, -0.05) is 152 Å². The molecule has 2 aliphatic rings. The highest BCUT2D eigenvalue weighted by atomic mass is 16.5. The molecule has 0 bridgehead atoms. The number of phenols is 3. The predicted octanol–water partition coefficient (Wildman–Crippen LogP) is 8.84. The van der Waals surface area contributed by atoms with Gasteiger partial charge in [0.2, 0.25) is 0 Å². The van der Waals surface area contributed by atoms with Crippen LogP contribution in [0.1, 0.15) is 175 Å². The summed E-state index contributed by atoms with van der Waals surface area (Å²) in [4.78, 5) is 13.3. The van der Waals surface area contributed by atoms with Gasteiger partial charge in [0.05, 0.1) is 24.3 Å². The van der Waals surface area contributed by atoms with Gasteiger partial charge in [-0.05, 0) is 24.3 Å². The van der Waals surface area contributed by atoms with Crippen molar-refractivity contribution in [2.45, 2.75) is 201 Å². The van der Waals surface area contributed by atoms with Gasteiger partial charge >= 0.3 is 0 Å². The van der Waals surface area contributed by atoms with Crippen LogP contribution in [0.15, 0.2) is 39.5 Å². The number of aromatic hydroxyl groups is 3. The zero-order valence-electron chi connectivity index (χ0n) is 38.2. The molecule has 3 aromatic rings. The Kier molecular flexibility index (Phi) is 28.1. The first-order valence-electron chi connectivity index (χ1n) is 22.8. The molecule has 13 nitrogen and oxygen atoms in total. The van der Waals surface area contributed by atoms with E-state index in [1.807, 2.05) is 0 Å². The van der Waals surface area contributed by atoms with Crippen molar-refractivity contribution >= 4 is 11.0 Å².